The molecule has 0 spiro atoms. The standard InChI is InChI=1S/C20H22F3N3O3/c1-19(2,3)9-15(27)24-10-13-8-14(24)16-17(28)26(18(29)25(13)16)12-6-4-5-11(7-12)20(21,22)23/h4-7,13-14,28H,8-10H2,1-3H3/t13-,14-/m0/s1. The number of imidazole rings is 1. The van der Waals surface area contributed by atoms with Crippen LogP contribution in [0.4, 0.5) is 13.2 Å². The minimum absolute atomic E-state index is 0.0591. The van der Waals surface area contributed by atoms with E-state index in [9.17, 15) is 27.9 Å². The van der Waals surface area contributed by atoms with Gasteiger partial charge in [-0.2, -0.15) is 13.2 Å². The van der Waals surface area contributed by atoms with Crippen LogP contribution in [0.15, 0.2) is 29.1 Å². The number of nitrogens with zero attached hydrogens (tertiary/aromatic N) is 3. The van der Waals surface area contributed by atoms with Crippen LogP contribution in [0.25, 0.3) is 5.69 Å². The average molecular weight is 409 g/mol. The van der Waals surface area contributed by atoms with E-state index in [0.29, 0.717) is 25.1 Å². The first-order chi connectivity index (χ1) is 13.4. The summed E-state index contributed by atoms with van der Waals surface area (Å²) in [4.78, 5) is 27.3. The molecule has 2 atom stereocenters. The minimum Gasteiger partial charge on any atom is -0.493 e. The van der Waals surface area contributed by atoms with Crippen molar-refractivity contribution >= 4 is 5.91 Å². The second-order valence-corrected chi connectivity index (χ2v) is 8.93. The summed E-state index contributed by atoms with van der Waals surface area (Å²) in [6.07, 6.45) is -3.71. The highest BCUT2D eigenvalue weighted by Crippen LogP contribution is 2.49. The van der Waals surface area contributed by atoms with Crippen LogP contribution in [-0.4, -0.2) is 31.6 Å². The molecule has 1 aromatic carbocycles. The first-order valence-corrected chi connectivity index (χ1v) is 9.41. The van der Waals surface area contributed by atoms with Crippen molar-refractivity contribution in [2.75, 3.05) is 6.54 Å². The summed E-state index contributed by atoms with van der Waals surface area (Å²) in [5.41, 5.74) is -1.46. The molecule has 9 heteroatoms. The quantitative estimate of drug-likeness (QED) is 0.824. The number of benzene rings is 1. The molecule has 156 valence electrons. The van der Waals surface area contributed by atoms with Crippen molar-refractivity contribution < 1.29 is 23.1 Å². The van der Waals surface area contributed by atoms with Gasteiger partial charge >= 0.3 is 11.9 Å². The van der Waals surface area contributed by atoms with Gasteiger partial charge in [0.15, 0.2) is 0 Å². The number of amides is 1. The number of hydrogen-bond donors (Lipinski definition) is 1. The first-order valence-electron chi connectivity index (χ1n) is 9.41. The number of hydrogen-bond acceptors (Lipinski definition) is 3. The lowest BCUT2D eigenvalue weighted by Gasteiger charge is -2.30. The Morgan fingerprint density at radius 1 is 1.24 bits per heavy atom. The Morgan fingerprint density at radius 3 is 2.55 bits per heavy atom. The summed E-state index contributed by atoms with van der Waals surface area (Å²) in [6.45, 7) is 6.22. The molecule has 2 aliphatic heterocycles. The zero-order valence-corrected chi connectivity index (χ0v) is 16.3. The molecule has 4 rings (SSSR count). The number of likely N-dealkylation sites (tertiary alicyclic amines) is 1. The van der Waals surface area contributed by atoms with E-state index in [2.05, 4.69) is 0 Å². The molecule has 1 N–H and O–H groups in total. The summed E-state index contributed by atoms with van der Waals surface area (Å²) in [5, 5.41) is 10.8. The fraction of sp³-hybridized carbons (Fsp3) is 0.500. The topological polar surface area (TPSA) is 67.5 Å². The highest BCUT2D eigenvalue weighted by atomic mass is 19.4. The lowest BCUT2D eigenvalue weighted by molar-refractivity contribution is -0.137. The van der Waals surface area contributed by atoms with E-state index in [0.717, 1.165) is 16.7 Å². The highest BCUT2D eigenvalue weighted by molar-refractivity contribution is 5.78. The fourth-order valence-electron chi connectivity index (χ4n) is 4.33. The molecule has 0 unspecified atom stereocenters. The van der Waals surface area contributed by atoms with Gasteiger partial charge in [-0.3, -0.25) is 9.36 Å². The van der Waals surface area contributed by atoms with Crippen LogP contribution in [-0.2, 0) is 11.0 Å². The van der Waals surface area contributed by atoms with Crippen molar-refractivity contribution in [2.45, 2.75) is 51.9 Å². The van der Waals surface area contributed by atoms with Gasteiger partial charge in [0.1, 0.15) is 5.69 Å². The van der Waals surface area contributed by atoms with E-state index >= 15 is 0 Å². The second kappa shape index (κ2) is 6.14. The average Bonchev–Trinajstić information content (AvgIpc) is 3.24. The number of carbonyl (C=O) groups excluding carboxylic acids is 1. The lowest BCUT2D eigenvalue weighted by Crippen LogP contribution is -2.39. The number of aromatic hydroxyl groups is 1. The minimum atomic E-state index is -4.56. The Hall–Kier alpha value is -2.71. The van der Waals surface area contributed by atoms with Gasteiger partial charge in [0.05, 0.1) is 23.3 Å². The summed E-state index contributed by atoms with van der Waals surface area (Å²) in [6, 6.07) is 3.54. The van der Waals surface area contributed by atoms with Gasteiger partial charge in [0.2, 0.25) is 11.8 Å². The summed E-state index contributed by atoms with van der Waals surface area (Å²) in [5.74, 6) is -0.468. The predicted octanol–water partition coefficient (Wildman–Crippen LogP) is 3.63. The Balaban J connectivity index is 1.75. The number of halogens is 3. The van der Waals surface area contributed by atoms with Crippen LogP contribution in [0.2, 0.25) is 0 Å². The molecule has 1 amide bonds. The molecule has 0 aliphatic carbocycles. The summed E-state index contributed by atoms with van der Waals surface area (Å²) < 4.78 is 41.5. The lowest BCUT2D eigenvalue weighted by atomic mass is 9.91. The molecular weight excluding hydrogens is 387 g/mol. The molecule has 1 fully saturated rings. The van der Waals surface area contributed by atoms with E-state index in [1.807, 2.05) is 20.8 Å². The Morgan fingerprint density at radius 2 is 1.93 bits per heavy atom. The molecule has 3 heterocycles. The molecule has 2 aliphatic rings. The third kappa shape index (κ3) is 3.12. The van der Waals surface area contributed by atoms with Gasteiger partial charge in [0.25, 0.3) is 0 Å². The van der Waals surface area contributed by atoms with Gasteiger partial charge in [-0.05, 0) is 30.0 Å². The number of fused-ring (bicyclic) bond motifs is 5. The molecular formula is C20H22F3N3O3. The molecule has 29 heavy (non-hydrogen) atoms. The summed E-state index contributed by atoms with van der Waals surface area (Å²) >= 11 is 0. The third-order valence-corrected chi connectivity index (χ3v) is 5.49. The van der Waals surface area contributed by atoms with Crippen molar-refractivity contribution in [3.63, 3.8) is 0 Å². The molecule has 1 saturated heterocycles. The zero-order chi connectivity index (χ0) is 21.3. The van der Waals surface area contributed by atoms with Gasteiger partial charge in [0, 0.05) is 13.0 Å². The Bertz CT molecular complexity index is 1050. The molecule has 0 radical (unpaired) electrons. The van der Waals surface area contributed by atoms with Crippen molar-refractivity contribution in [3.8, 4) is 11.6 Å². The van der Waals surface area contributed by atoms with E-state index in [1.54, 1.807) is 4.90 Å². The highest BCUT2D eigenvalue weighted by Gasteiger charge is 2.49. The van der Waals surface area contributed by atoms with E-state index < -0.39 is 29.4 Å². The Labute approximate surface area is 165 Å². The summed E-state index contributed by atoms with van der Waals surface area (Å²) in [7, 11) is 0. The van der Waals surface area contributed by atoms with E-state index in [1.165, 1.54) is 16.7 Å². The van der Waals surface area contributed by atoms with E-state index in [4.69, 9.17) is 0 Å². The van der Waals surface area contributed by atoms with Gasteiger partial charge < -0.3 is 10.0 Å². The van der Waals surface area contributed by atoms with Gasteiger partial charge in [-0.1, -0.05) is 26.8 Å². The van der Waals surface area contributed by atoms with Crippen LogP contribution in [0.1, 0.15) is 57.0 Å². The number of alkyl halides is 3. The smallest absolute Gasteiger partial charge is 0.416 e. The first kappa shape index (κ1) is 19.6. The molecule has 0 saturated carbocycles. The molecule has 2 bridgehead atoms. The van der Waals surface area contributed by atoms with Crippen molar-refractivity contribution in [3.05, 3.63) is 46.0 Å². The van der Waals surface area contributed by atoms with Crippen molar-refractivity contribution in [2.24, 2.45) is 5.41 Å². The molecule has 6 nitrogen and oxygen atoms in total. The normalized spacial score (nSPS) is 21.0. The van der Waals surface area contributed by atoms with Crippen LogP contribution in [0.5, 0.6) is 5.88 Å². The third-order valence-electron chi connectivity index (χ3n) is 5.49. The SMILES string of the molecule is CC(C)(C)CC(=O)N1C[C@@H]2C[C@H]1c1c(O)n(-c3cccc(C(F)(F)F)c3)c(=O)n12. The number of carbonyl (C=O) groups is 1. The van der Waals surface area contributed by atoms with E-state index in [-0.39, 0.29) is 23.1 Å². The van der Waals surface area contributed by atoms with Crippen LogP contribution < -0.4 is 5.69 Å². The van der Waals surface area contributed by atoms with Crippen molar-refractivity contribution in [1.29, 1.82) is 0 Å². The Kier molecular flexibility index (Phi) is 4.15. The van der Waals surface area contributed by atoms with Crippen LogP contribution in [0.3, 0.4) is 0 Å². The maximum Gasteiger partial charge on any atom is 0.416 e. The van der Waals surface area contributed by atoms with Crippen molar-refractivity contribution in [1.82, 2.24) is 14.0 Å². The number of rotatable bonds is 2. The maximum absolute atomic E-state index is 13.1. The molecule has 2 aromatic rings. The number of aromatic nitrogens is 2. The largest absolute Gasteiger partial charge is 0.493 e. The fourth-order valence-corrected chi connectivity index (χ4v) is 4.33. The molecule has 1 aromatic heterocycles. The zero-order valence-electron chi connectivity index (χ0n) is 16.3. The van der Waals surface area contributed by atoms with Crippen LogP contribution in [0, 0.1) is 5.41 Å². The predicted molar refractivity (Wildman–Crippen MR) is 98.9 cm³/mol. The van der Waals surface area contributed by atoms with Gasteiger partial charge in [-0.15, -0.1) is 0 Å². The van der Waals surface area contributed by atoms with Crippen LogP contribution >= 0.6 is 0 Å². The van der Waals surface area contributed by atoms with Gasteiger partial charge in [-0.25, -0.2) is 9.36 Å². The monoisotopic (exact) mass is 409 g/mol. The second-order valence-electron chi connectivity index (χ2n) is 8.93. The maximum atomic E-state index is 13.1.